The van der Waals surface area contributed by atoms with Crippen LogP contribution in [0, 0.1) is 11.3 Å². The number of hydrogen-bond acceptors (Lipinski definition) is 2. The van der Waals surface area contributed by atoms with Crippen LogP contribution in [0.1, 0.15) is 39.5 Å². The van der Waals surface area contributed by atoms with Gasteiger partial charge in [-0.2, -0.15) is 0 Å². The Labute approximate surface area is 74.6 Å². The van der Waals surface area contributed by atoms with Gasteiger partial charge in [0.15, 0.2) is 0 Å². The van der Waals surface area contributed by atoms with E-state index in [9.17, 15) is 5.11 Å². The van der Waals surface area contributed by atoms with Gasteiger partial charge >= 0.3 is 0 Å². The van der Waals surface area contributed by atoms with Crippen LogP contribution in [0.25, 0.3) is 0 Å². The highest BCUT2D eigenvalue weighted by Crippen LogP contribution is 2.43. The fraction of sp³-hybridized carbons (Fsp3) is 1.00. The summed E-state index contributed by atoms with van der Waals surface area (Å²) in [6.45, 7) is 4.61. The zero-order chi connectivity index (χ0) is 9.19. The first-order valence-electron chi connectivity index (χ1n) is 4.91. The van der Waals surface area contributed by atoms with Crippen LogP contribution >= 0.6 is 0 Å². The molecule has 1 fully saturated rings. The van der Waals surface area contributed by atoms with Gasteiger partial charge < -0.3 is 10.2 Å². The van der Waals surface area contributed by atoms with Crippen molar-refractivity contribution in [3.63, 3.8) is 0 Å². The zero-order valence-electron chi connectivity index (χ0n) is 8.08. The molecule has 2 heteroatoms. The molecule has 0 aromatic carbocycles. The molecule has 2 nitrogen and oxygen atoms in total. The van der Waals surface area contributed by atoms with Crippen LogP contribution in [0.4, 0.5) is 0 Å². The van der Waals surface area contributed by atoms with Gasteiger partial charge in [0.1, 0.15) is 0 Å². The van der Waals surface area contributed by atoms with Crippen LogP contribution in [-0.2, 0) is 0 Å². The van der Waals surface area contributed by atoms with Crippen LogP contribution < -0.4 is 0 Å². The topological polar surface area (TPSA) is 40.5 Å². The quantitative estimate of drug-likeness (QED) is 0.663. The lowest BCUT2D eigenvalue weighted by Crippen LogP contribution is -2.37. The number of aliphatic hydroxyl groups excluding tert-OH is 2. The van der Waals surface area contributed by atoms with Gasteiger partial charge in [-0.1, -0.05) is 20.3 Å². The van der Waals surface area contributed by atoms with E-state index in [2.05, 4.69) is 13.8 Å². The van der Waals surface area contributed by atoms with Crippen molar-refractivity contribution >= 4 is 0 Å². The average Bonchev–Trinajstić information content (AvgIpc) is 2.09. The lowest BCUT2D eigenvalue weighted by Gasteiger charge is -2.42. The van der Waals surface area contributed by atoms with Crippen molar-refractivity contribution in [3.8, 4) is 0 Å². The molecule has 0 aliphatic heterocycles. The zero-order valence-corrected chi connectivity index (χ0v) is 8.08. The predicted molar refractivity (Wildman–Crippen MR) is 48.8 cm³/mol. The maximum atomic E-state index is 9.43. The molecule has 0 aromatic heterocycles. The summed E-state index contributed by atoms with van der Waals surface area (Å²) in [6, 6.07) is 0. The monoisotopic (exact) mass is 172 g/mol. The molecule has 3 unspecified atom stereocenters. The molecule has 0 aromatic rings. The minimum absolute atomic E-state index is 0.179. The van der Waals surface area contributed by atoms with Crippen LogP contribution in [0.2, 0.25) is 0 Å². The van der Waals surface area contributed by atoms with Crippen molar-refractivity contribution in [3.05, 3.63) is 0 Å². The van der Waals surface area contributed by atoms with Gasteiger partial charge in [-0.25, -0.2) is 0 Å². The Hall–Kier alpha value is -0.0800. The maximum absolute atomic E-state index is 9.43. The summed E-state index contributed by atoms with van der Waals surface area (Å²) < 4.78 is 0. The van der Waals surface area contributed by atoms with Crippen molar-refractivity contribution in [2.75, 3.05) is 6.61 Å². The molecule has 3 atom stereocenters. The van der Waals surface area contributed by atoms with Crippen molar-refractivity contribution in [1.82, 2.24) is 0 Å². The van der Waals surface area contributed by atoms with Crippen molar-refractivity contribution in [2.24, 2.45) is 11.3 Å². The second-order valence-corrected chi connectivity index (χ2v) is 4.32. The molecule has 1 aliphatic carbocycles. The van der Waals surface area contributed by atoms with E-state index in [1.807, 2.05) is 0 Å². The van der Waals surface area contributed by atoms with E-state index < -0.39 is 0 Å². The summed E-state index contributed by atoms with van der Waals surface area (Å²) in [7, 11) is 0. The van der Waals surface area contributed by atoms with Crippen molar-refractivity contribution in [2.45, 2.75) is 45.6 Å². The van der Waals surface area contributed by atoms with Gasteiger partial charge in [-0.05, 0) is 30.6 Å². The molecule has 12 heavy (non-hydrogen) atoms. The molecule has 1 aliphatic rings. The molecule has 0 heterocycles. The Kier molecular flexibility index (Phi) is 3.13. The molecule has 0 radical (unpaired) electrons. The molecule has 2 N–H and O–H groups in total. The molecule has 0 amide bonds. The van der Waals surface area contributed by atoms with E-state index in [1.165, 1.54) is 0 Å². The second-order valence-electron chi connectivity index (χ2n) is 4.32. The summed E-state index contributed by atoms with van der Waals surface area (Å²) in [5.41, 5.74) is 0.258. The first-order valence-corrected chi connectivity index (χ1v) is 4.91. The maximum Gasteiger partial charge on any atom is 0.0544 e. The van der Waals surface area contributed by atoms with E-state index >= 15 is 0 Å². The van der Waals surface area contributed by atoms with E-state index in [1.54, 1.807) is 0 Å². The molecule has 0 spiro atoms. The third-order valence-corrected chi connectivity index (χ3v) is 3.62. The molecule has 0 saturated heterocycles. The fourth-order valence-electron chi connectivity index (χ4n) is 2.19. The fourth-order valence-corrected chi connectivity index (χ4v) is 2.19. The Morgan fingerprint density at radius 2 is 2.17 bits per heavy atom. The molecule has 1 saturated carbocycles. The largest absolute Gasteiger partial charge is 0.396 e. The molecular weight excluding hydrogens is 152 g/mol. The Morgan fingerprint density at radius 1 is 1.50 bits per heavy atom. The highest BCUT2D eigenvalue weighted by molar-refractivity contribution is 4.87. The molecule has 1 rings (SSSR count). The highest BCUT2D eigenvalue weighted by Gasteiger charge is 2.37. The summed E-state index contributed by atoms with van der Waals surface area (Å²) in [6.07, 6.45) is 3.66. The van der Waals surface area contributed by atoms with Crippen molar-refractivity contribution in [1.29, 1.82) is 0 Å². The van der Waals surface area contributed by atoms with E-state index in [4.69, 9.17) is 5.11 Å². The average molecular weight is 172 g/mol. The van der Waals surface area contributed by atoms with Gasteiger partial charge in [0.25, 0.3) is 0 Å². The molecule has 72 valence electrons. The van der Waals surface area contributed by atoms with Gasteiger partial charge in [0, 0.05) is 6.61 Å². The third kappa shape index (κ3) is 1.80. The Bertz CT molecular complexity index is 147. The van der Waals surface area contributed by atoms with Crippen LogP contribution in [0.5, 0.6) is 0 Å². The minimum atomic E-state index is -0.179. The normalized spacial score (nSPS) is 43.0. The van der Waals surface area contributed by atoms with E-state index in [-0.39, 0.29) is 18.1 Å². The Balaban J connectivity index is 2.62. The number of rotatable bonds is 2. The van der Waals surface area contributed by atoms with Crippen LogP contribution in [-0.4, -0.2) is 22.9 Å². The van der Waals surface area contributed by atoms with Gasteiger partial charge in [-0.3, -0.25) is 0 Å². The first-order chi connectivity index (χ1) is 5.62. The van der Waals surface area contributed by atoms with Gasteiger partial charge in [-0.15, -0.1) is 0 Å². The Morgan fingerprint density at radius 3 is 2.67 bits per heavy atom. The van der Waals surface area contributed by atoms with E-state index in [0.29, 0.717) is 5.92 Å². The van der Waals surface area contributed by atoms with Crippen molar-refractivity contribution < 1.29 is 10.2 Å². The lowest BCUT2D eigenvalue weighted by atomic mass is 9.65. The first kappa shape index (κ1) is 10.0. The summed E-state index contributed by atoms with van der Waals surface area (Å²) in [5, 5.41) is 18.6. The second kappa shape index (κ2) is 3.75. The number of aliphatic hydroxyl groups is 2. The van der Waals surface area contributed by atoms with Gasteiger partial charge in [0.05, 0.1) is 6.10 Å². The highest BCUT2D eigenvalue weighted by atomic mass is 16.3. The predicted octanol–water partition coefficient (Wildman–Crippen LogP) is 1.56. The third-order valence-electron chi connectivity index (χ3n) is 3.62. The lowest BCUT2D eigenvalue weighted by molar-refractivity contribution is -0.0105. The standard InChI is InChI=1S/C10H20O2/c1-3-10(2)5-4-9(12)6-8(10)7-11/h8-9,11-12H,3-7H2,1-2H3. The summed E-state index contributed by atoms with van der Waals surface area (Å²) in [4.78, 5) is 0. The molecular formula is C10H20O2. The van der Waals surface area contributed by atoms with E-state index in [0.717, 1.165) is 25.7 Å². The van der Waals surface area contributed by atoms with Gasteiger partial charge in [0.2, 0.25) is 0 Å². The van der Waals surface area contributed by atoms with Crippen LogP contribution in [0.15, 0.2) is 0 Å². The summed E-state index contributed by atoms with van der Waals surface area (Å²) in [5.74, 6) is 0.297. The SMILES string of the molecule is CCC1(C)CCC(O)CC1CO. The molecule has 0 bridgehead atoms. The van der Waals surface area contributed by atoms with Crippen LogP contribution in [0.3, 0.4) is 0 Å². The number of hydrogen-bond donors (Lipinski definition) is 2. The smallest absolute Gasteiger partial charge is 0.0544 e. The minimum Gasteiger partial charge on any atom is -0.396 e. The summed E-state index contributed by atoms with van der Waals surface area (Å²) >= 11 is 0.